The molecule has 0 aliphatic rings. The van der Waals surface area contributed by atoms with Crippen LogP contribution in [0.2, 0.25) is 4.34 Å². The maximum Gasteiger partial charge on any atom is 0.250 e. The summed E-state index contributed by atoms with van der Waals surface area (Å²) in [5, 5.41) is 9.18. The minimum absolute atomic E-state index is 0.0835. The number of aliphatic hydroxyl groups is 1. The van der Waals surface area contributed by atoms with Crippen molar-refractivity contribution in [1.29, 1.82) is 0 Å². The highest BCUT2D eigenvalue weighted by molar-refractivity contribution is 7.91. The molecule has 2 unspecified atom stereocenters. The number of halogens is 1. The van der Waals surface area contributed by atoms with E-state index in [1.54, 1.807) is 13.0 Å². The monoisotopic (exact) mass is 297 g/mol. The Balaban J connectivity index is 2.56. The molecule has 0 spiro atoms. The summed E-state index contributed by atoms with van der Waals surface area (Å²) < 4.78 is 26.8. The van der Waals surface area contributed by atoms with Crippen molar-refractivity contribution in [3.8, 4) is 0 Å². The Morgan fingerprint density at radius 3 is 2.59 bits per heavy atom. The van der Waals surface area contributed by atoms with E-state index >= 15 is 0 Å². The highest BCUT2D eigenvalue weighted by Gasteiger charge is 2.17. The number of hydrogen-bond donors (Lipinski definition) is 2. The fourth-order valence-electron chi connectivity index (χ4n) is 1.43. The van der Waals surface area contributed by atoms with Crippen LogP contribution in [0.25, 0.3) is 0 Å². The van der Waals surface area contributed by atoms with Crippen molar-refractivity contribution in [3.63, 3.8) is 0 Å². The average molecular weight is 298 g/mol. The maximum atomic E-state index is 11.8. The van der Waals surface area contributed by atoms with Gasteiger partial charge in [0.15, 0.2) is 0 Å². The Hall–Kier alpha value is -0.140. The van der Waals surface area contributed by atoms with E-state index in [-0.39, 0.29) is 10.1 Å². The molecule has 2 atom stereocenters. The highest BCUT2D eigenvalue weighted by atomic mass is 35.5. The van der Waals surface area contributed by atoms with Crippen LogP contribution < -0.4 is 4.72 Å². The van der Waals surface area contributed by atoms with E-state index in [9.17, 15) is 13.5 Å². The lowest BCUT2D eigenvalue weighted by Crippen LogP contribution is -2.29. The molecule has 0 saturated heterocycles. The minimum atomic E-state index is -3.47. The second kappa shape index (κ2) is 6.15. The van der Waals surface area contributed by atoms with Crippen molar-refractivity contribution < 1.29 is 13.5 Å². The average Bonchev–Trinajstić information content (AvgIpc) is 2.62. The number of nitrogens with one attached hydrogen (secondary N) is 1. The van der Waals surface area contributed by atoms with Crippen molar-refractivity contribution in [1.82, 2.24) is 4.72 Å². The molecule has 0 fully saturated rings. The SMILES string of the molecule is CC(O)CC(C)CNS(=O)(=O)c1ccc(Cl)s1. The molecule has 7 heteroatoms. The quantitative estimate of drug-likeness (QED) is 0.845. The molecule has 0 bridgehead atoms. The zero-order chi connectivity index (χ0) is 13.1. The van der Waals surface area contributed by atoms with Gasteiger partial charge in [-0.2, -0.15) is 0 Å². The lowest BCUT2D eigenvalue weighted by molar-refractivity contribution is 0.165. The number of thiophene rings is 1. The number of rotatable bonds is 6. The van der Waals surface area contributed by atoms with Crippen LogP contribution in [0.3, 0.4) is 0 Å². The Morgan fingerprint density at radius 1 is 1.47 bits per heavy atom. The summed E-state index contributed by atoms with van der Waals surface area (Å²) in [4.78, 5) is 0. The molecular weight excluding hydrogens is 282 g/mol. The first-order chi connectivity index (χ1) is 7.81. The zero-order valence-corrected chi connectivity index (χ0v) is 12.1. The van der Waals surface area contributed by atoms with Gasteiger partial charge in [-0.3, -0.25) is 0 Å². The van der Waals surface area contributed by atoms with Gasteiger partial charge in [0.2, 0.25) is 10.0 Å². The van der Waals surface area contributed by atoms with Crippen LogP contribution in [-0.2, 0) is 10.0 Å². The van der Waals surface area contributed by atoms with Gasteiger partial charge in [-0.15, -0.1) is 11.3 Å². The fraction of sp³-hybridized carbons (Fsp3) is 0.600. The van der Waals surface area contributed by atoms with E-state index in [2.05, 4.69) is 4.72 Å². The Morgan fingerprint density at radius 2 is 2.12 bits per heavy atom. The molecule has 0 aliphatic heterocycles. The van der Waals surface area contributed by atoms with Gasteiger partial charge in [-0.05, 0) is 31.4 Å². The summed E-state index contributed by atoms with van der Waals surface area (Å²) in [5.41, 5.74) is 0. The van der Waals surface area contributed by atoms with Crippen LogP contribution in [0.4, 0.5) is 0 Å². The molecule has 1 heterocycles. The lowest BCUT2D eigenvalue weighted by Gasteiger charge is -2.13. The molecule has 2 N–H and O–H groups in total. The van der Waals surface area contributed by atoms with E-state index in [0.717, 1.165) is 11.3 Å². The third kappa shape index (κ3) is 4.93. The first kappa shape index (κ1) is 14.9. The van der Waals surface area contributed by atoms with Crippen LogP contribution in [0.1, 0.15) is 20.3 Å². The van der Waals surface area contributed by atoms with Gasteiger partial charge >= 0.3 is 0 Å². The predicted octanol–water partition coefficient (Wildman–Crippen LogP) is 2.09. The maximum absolute atomic E-state index is 11.8. The molecular formula is C10H16ClNO3S2. The van der Waals surface area contributed by atoms with Gasteiger partial charge in [0.05, 0.1) is 10.4 Å². The number of aliphatic hydroxyl groups excluding tert-OH is 1. The molecule has 0 aliphatic carbocycles. The molecule has 0 amide bonds. The second-order valence-corrected chi connectivity index (χ2v) is 7.81. The van der Waals surface area contributed by atoms with Gasteiger partial charge < -0.3 is 5.11 Å². The molecule has 98 valence electrons. The van der Waals surface area contributed by atoms with E-state index in [4.69, 9.17) is 11.6 Å². The number of sulfonamides is 1. The third-order valence-corrected chi connectivity index (χ3v) is 5.33. The third-order valence-electron chi connectivity index (χ3n) is 2.18. The van der Waals surface area contributed by atoms with Crippen molar-refractivity contribution in [2.24, 2.45) is 5.92 Å². The number of hydrogen-bond acceptors (Lipinski definition) is 4. The predicted molar refractivity (Wildman–Crippen MR) is 70.0 cm³/mol. The smallest absolute Gasteiger partial charge is 0.250 e. The van der Waals surface area contributed by atoms with Gasteiger partial charge in [-0.25, -0.2) is 13.1 Å². The molecule has 1 aromatic rings. The first-order valence-electron chi connectivity index (χ1n) is 5.24. The van der Waals surface area contributed by atoms with Crippen molar-refractivity contribution in [3.05, 3.63) is 16.5 Å². The summed E-state index contributed by atoms with van der Waals surface area (Å²) in [6, 6.07) is 3.04. The normalized spacial score (nSPS) is 15.8. The van der Waals surface area contributed by atoms with Crippen molar-refractivity contribution >= 4 is 33.0 Å². The van der Waals surface area contributed by atoms with E-state index in [1.165, 1.54) is 6.07 Å². The minimum Gasteiger partial charge on any atom is -0.393 e. The van der Waals surface area contributed by atoms with Gasteiger partial charge in [0.1, 0.15) is 4.21 Å². The van der Waals surface area contributed by atoms with Crippen LogP contribution >= 0.6 is 22.9 Å². The first-order valence-corrected chi connectivity index (χ1v) is 7.92. The standard InChI is InChI=1S/C10H16ClNO3S2/c1-7(5-8(2)13)6-12-17(14,15)10-4-3-9(11)16-10/h3-4,7-8,12-13H,5-6H2,1-2H3. The molecule has 0 aromatic carbocycles. The van der Waals surface area contributed by atoms with Crippen molar-refractivity contribution in [2.45, 2.75) is 30.6 Å². The summed E-state index contributed by atoms with van der Waals surface area (Å²) in [6.07, 6.45) is 0.138. The van der Waals surface area contributed by atoms with Crippen LogP contribution in [0.5, 0.6) is 0 Å². The summed E-state index contributed by atoms with van der Waals surface area (Å²) >= 11 is 6.72. The summed E-state index contributed by atoms with van der Waals surface area (Å²) in [7, 11) is -3.47. The van der Waals surface area contributed by atoms with Gasteiger partial charge in [-0.1, -0.05) is 18.5 Å². The fourth-order valence-corrected chi connectivity index (χ4v) is 4.12. The molecule has 17 heavy (non-hydrogen) atoms. The molecule has 0 radical (unpaired) electrons. The molecule has 1 rings (SSSR count). The van der Waals surface area contributed by atoms with Crippen LogP contribution in [0.15, 0.2) is 16.3 Å². The lowest BCUT2D eigenvalue weighted by atomic mass is 10.1. The van der Waals surface area contributed by atoms with E-state index in [1.807, 2.05) is 6.92 Å². The van der Waals surface area contributed by atoms with Crippen LogP contribution in [0, 0.1) is 5.92 Å². The van der Waals surface area contributed by atoms with E-state index in [0.29, 0.717) is 17.3 Å². The van der Waals surface area contributed by atoms with Crippen molar-refractivity contribution in [2.75, 3.05) is 6.54 Å². The topological polar surface area (TPSA) is 66.4 Å². The van der Waals surface area contributed by atoms with Gasteiger partial charge in [0, 0.05) is 6.54 Å². The highest BCUT2D eigenvalue weighted by Crippen LogP contribution is 2.25. The second-order valence-electron chi connectivity index (χ2n) is 4.10. The summed E-state index contributed by atoms with van der Waals surface area (Å²) in [5.74, 6) is 0.0835. The van der Waals surface area contributed by atoms with Crippen LogP contribution in [-0.4, -0.2) is 26.2 Å². The molecule has 1 aromatic heterocycles. The largest absolute Gasteiger partial charge is 0.393 e. The Labute approximate surface area is 111 Å². The zero-order valence-electron chi connectivity index (χ0n) is 9.68. The Bertz CT molecular complexity index is 456. The van der Waals surface area contributed by atoms with Gasteiger partial charge in [0.25, 0.3) is 0 Å². The summed E-state index contributed by atoms with van der Waals surface area (Å²) in [6.45, 7) is 3.88. The van der Waals surface area contributed by atoms with E-state index < -0.39 is 16.1 Å². The molecule has 4 nitrogen and oxygen atoms in total. The Kier molecular flexibility index (Phi) is 5.40. The molecule has 0 saturated carbocycles.